The fraction of sp³-hybridized carbons (Fsp3) is 1.00. The van der Waals surface area contributed by atoms with E-state index in [1.807, 2.05) is 0 Å². The van der Waals surface area contributed by atoms with Crippen LogP contribution in [-0.2, 0) is 20.0 Å². The van der Waals surface area contributed by atoms with E-state index in [1.165, 1.54) is 0 Å². The molecule has 0 saturated heterocycles. The Morgan fingerprint density at radius 2 is 1.50 bits per heavy atom. The maximum absolute atomic E-state index is 11.5. The highest BCUT2D eigenvalue weighted by Crippen LogP contribution is 2.23. The van der Waals surface area contributed by atoms with Gasteiger partial charge in [0.15, 0.2) is 0 Å². The number of sulfonamides is 2. The Morgan fingerprint density at radius 3 is 1.93 bits per heavy atom. The Kier molecular flexibility index (Phi) is 3.54. The molecule has 1 aliphatic carbocycles. The van der Waals surface area contributed by atoms with Crippen molar-refractivity contribution < 1.29 is 16.8 Å². The van der Waals surface area contributed by atoms with E-state index in [4.69, 9.17) is 0 Å². The highest BCUT2D eigenvalue weighted by molar-refractivity contribution is 8.04. The molecule has 0 radical (unpaired) electrons. The molecule has 0 atom stereocenters. The molecule has 1 fully saturated rings. The standard InChI is InChI=1S/C7H15NO4S2/c1-13(9,10)8-14(11,12)7-5-3-2-4-6-7/h7-8H,2-6H2,1H3. The molecule has 5 nitrogen and oxygen atoms in total. The van der Waals surface area contributed by atoms with Crippen LogP contribution >= 0.6 is 0 Å². The van der Waals surface area contributed by atoms with E-state index < -0.39 is 25.3 Å². The van der Waals surface area contributed by atoms with Crippen molar-refractivity contribution in [3.63, 3.8) is 0 Å². The predicted octanol–water partition coefficient (Wildman–Crippen LogP) is 0.198. The minimum atomic E-state index is -3.68. The SMILES string of the molecule is CS(=O)(=O)NS(=O)(=O)C1CCCCC1. The lowest BCUT2D eigenvalue weighted by molar-refractivity contribution is 0.481. The molecule has 14 heavy (non-hydrogen) atoms. The van der Waals surface area contributed by atoms with Crippen molar-refractivity contribution in [1.29, 1.82) is 0 Å². The van der Waals surface area contributed by atoms with Gasteiger partial charge < -0.3 is 0 Å². The first kappa shape index (κ1) is 11.9. The monoisotopic (exact) mass is 241 g/mol. The maximum Gasteiger partial charge on any atom is 0.227 e. The summed E-state index contributed by atoms with van der Waals surface area (Å²) in [6.07, 6.45) is 4.72. The molecular weight excluding hydrogens is 226 g/mol. The van der Waals surface area contributed by atoms with Gasteiger partial charge in [0.05, 0.1) is 11.5 Å². The first-order valence-corrected chi connectivity index (χ1v) is 7.97. The fourth-order valence-electron chi connectivity index (χ4n) is 1.65. The first-order valence-electron chi connectivity index (χ1n) is 4.54. The van der Waals surface area contributed by atoms with Crippen molar-refractivity contribution >= 4 is 20.0 Å². The Bertz CT molecular complexity index is 378. The Labute approximate surface area is 85.0 Å². The van der Waals surface area contributed by atoms with Crippen molar-refractivity contribution in [1.82, 2.24) is 4.13 Å². The van der Waals surface area contributed by atoms with Gasteiger partial charge >= 0.3 is 0 Å². The average molecular weight is 241 g/mol. The lowest BCUT2D eigenvalue weighted by Gasteiger charge is -2.21. The van der Waals surface area contributed by atoms with Crippen LogP contribution < -0.4 is 4.13 Å². The van der Waals surface area contributed by atoms with Gasteiger partial charge in [-0.15, -0.1) is 4.13 Å². The predicted molar refractivity (Wildman–Crippen MR) is 53.8 cm³/mol. The second-order valence-corrected chi connectivity index (χ2v) is 7.63. The Balaban J connectivity index is 2.74. The highest BCUT2D eigenvalue weighted by Gasteiger charge is 2.29. The van der Waals surface area contributed by atoms with Gasteiger partial charge in [-0.2, -0.15) is 0 Å². The van der Waals surface area contributed by atoms with Crippen molar-refractivity contribution in [2.75, 3.05) is 6.26 Å². The molecule has 0 aromatic carbocycles. The minimum Gasteiger partial charge on any atom is -0.212 e. The molecule has 0 spiro atoms. The quantitative estimate of drug-likeness (QED) is 0.765. The molecule has 84 valence electrons. The number of nitrogens with one attached hydrogen (secondary N) is 1. The van der Waals surface area contributed by atoms with E-state index in [9.17, 15) is 16.8 Å². The smallest absolute Gasteiger partial charge is 0.212 e. The largest absolute Gasteiger partial charge is 0.227 e. The number of rotatable bonds is 3. The Hall–Kier alpha value is -0.140. The molecule has 0 amide bonds. The second-order valence-electron chi connectivity index (χ2n) is 3.66. The van der Waals surface area contributed by atoms with Gasteiger partial charge in [-0.05, 0) is 12.8 Å². The third-order valence-corrected chi connectivity index (χ3v) is 5.75. The zero-order chi connectivity index (χ0) is 10.8. The summed E-state index contributed by atoms with van der Waals surface area (Å²) >= 11 is 0. The second kappa shape index (κ2) is 4.16. The molecule has 1 aliphatic rings. The van der Waals surface area contributed by atoms with Crippen molar-refractivity contribution in [3.05, 3.63) is 0 Å². The van der Waals surface area contributed by atoms with E-state index in [0.717, 1.165) is 25.5 Å². The van der Waals surface area contributed by atoms with E-state index in [0.29, 0.717) is 12.8 Å². The van der Waals surface area contributed by atoms with Gasteiger partial charge in [-0.25, -0.2) is 16.8 Å². The molecule has 0 heterocycles. The summed E-state index contributed by atoms with van der Waals surface area (Å²) in [4.78, 5) is 0. The van der Waals surface area contributed by atoms with Gasteiger partial charge in [0, 0.05) is 0 Å². The average Bonchev–Trinajstić information content (AvgIpc) is 2.01. The summed E-state index contributed by atoms with van der Waals surface area (Å²) in [5.74, 6) is 0. The topological polar surface area (TPSA) is 80.3 Å². The van der Waals surface area contributed by atoms with Gasteiger partial charge in [0.2, 0.25) is 20.0 Å². The summed E-state index contributed by atoms with van der Waals surface area (Å²) in [5.41, 5.74) is 0. The van der Waals surface area contributed by atoms with Crippen molar-refractivity contribution in [3.8, 4) is 0 Å². The van der Waals surface area contributed by atoms with Gasteiger partial charge in [-0.1, -0.05) is 19.3 Å². The Morgan fingerprint density at radius 1 is 1.00 bits per heavy atom. The molecule has 0 bridgehead atoms. The number of hydrogen-bond donors (Lipinski definition) is 1. The van der Waals surface area contributed by atoms with Crippen LogP contribution in [0, 0.1) is 0 Å². The van der Waals surface area contributed by atoms with Gasteiger partial charge in [0.1, 0.15) is 0 Å². The summed E-state index contributed by atoms with van der Waals surface area (Å²) in [6.45, 7) is 0. The van der Waals surface area contributed by atoms with Crippen LogP contribution in [0.2, 0.25) is 0 Å². The minimum absolute atomic E-state index is 0.536. The van der Waals surface area contributed by atoms with E-state index in [1.54, 1.807) is 4.13 Å². The number of hydrogen-bond acceptors (Lipinski definition) is 4. The molecule has 1 rings (SSSR count). The van der Waals surface area contributed by atoms with Gasteiger partial charge in [0.25, 0.3) is 0 Å². The zero-order valence-electron chi connectivity index (χ0n) is 8.06. The summed E-state index contributed by atoms with van der Waals surface area (Å²) in [7, 11) is -7.35. The molecular formula is C7H15NO4S2. The van der Waals surface area contributed by atoms with Crippen LogP contribution in [0.15, 0.2) is 0 Å². The zero-order valence-corrected chi connectivity index (χ0v) is 9.70. The molecule has 0 aliphatic heterocycles. The van der Waals surface area contributed by atoms with Crippen LogP contribution in [0.4, 0.5) is 0 Å². The summed E-state index contributed by atoms with van der Waals surface area (Å²) < 4.78 is 46.3. The first-order chi connectivity index (χ1) is 6.31. The third-order valence-electron chi connectivity index (χ3n) is 2.26. The highest BCUT2D eigenvalue weighted by atomic mass is 32.3. The molecule has 0 aromatic heterocycles. The summed E-state index contributed by atoms with van der Waals surface area (Å²) in [6, 6.07) is 0. The normalized spacial score (nSPS) is 20.9. The van der Waals surface area contributed by atoms with E-state index >= 15 is 0 Å². The van der Waals surface area contributed by atoms with Gasteiger partial charge in [-0.3, -0.25) is 0 Å². The fourth-order valence-corrected chi connectivity index (χ4v) is 4.84. The van der Waals surface area contributed by atoms with Crippen LogP contribution in [0.25, 0.3) is 0 Å². The molecule has 7 heteroatoms. The van der Waals surface area contributed by atoms with Crippen LogP contribution in [0.1, 0.15) is 32.1 Å². The van der Waals surface area contributed by atoms with E-state index in [-0.39, 0.29) is 0 Å². The lowest BCUT2D eigenvalue weighted by atomic mass is 10.0. The molecule has 0 aromatic rings. The maximum atomic E-state index is 11.5. The third kappa shape index (κ3) is 3.55. The van der Waals surface area contributed by atoms with Crippen LogP contribution in [-0.4, -0.2) is 28.3 Å². The molecule has 1 saturated carbocycles. The molecule has 0 unspecified atom stereocenters. The van der Waals surface area contributed by atoms with Crippen molar-refractivity contribution in [2.45, 2.75) is 37.4 Å². The van der Waals surface area contributed by atoms with Crippen LogP contribution in [0.5, 0.6) is 0 Å². The molecule has 1 N–H and O–H groups in total. The van der Waals surface area contributed by atoms with Crippen molar-refractivity contribution in [2.24, 2.45) is 0 Å². The van der Waals surface area contributed by atoms with Crippen LogP contribution in [0.3, 0.4) is 0 Å². The van der Waals surface area contributed by atoms with E-state index in [2.05, 4.69) is 0 Å². The summed E-state index contributed by atoms with van der Waals surface area (Å²) in [5, 5.41) is -0.536. The lowest BCUT2D eigenvalue weighted by Crippen LogP contribution is -2.38.